The molecule has 9 nitrogen and oxygen atoms in total. The highest BCUT2D eigenvalue weighted by molar-refractivity contribution is 6.31. The second-order valence-corrected chi connectivity index (χ2v) is 12.2. The predicted molar refractivity (Wildman–Crippen MR) is 161 cm³/mol. The number of nitrogens with one attached hydrogen (secondary N) is 1. The molecule has 0 aliphatic carbocycles. The number of hydrogen-bond donors (Lipinski definition) is 1. The van der Waals surface area contributed by atoms with Crippen LogP contribution in [0.5, 0.6) is 5.88 Å². The van der Waals surface area contributed by atoms with E-state index >= 15 is 0 Å². The van der Waals surface area contributed by atoms with Crippen LogP contribution < -0.4 is 15.6 Å². The number of benzene rings is 1. The first-order chi connectivity index (χ1) is 21.0. The van der Waals surface area contributed by atoms with Gasteiger partial charge in [-0.3, -0.25) is 14.3 Å². The Morgan fingerprint density at radius 2 is 2.07 bits per heavy atom. The minimum atomic E-state index is -4.87. The number of piperidine rings is 1. The normalized spacial score (nSPS) is 22.0. The van der Waals surface area contributed by atoms with E-state index in [1.807, 2.05) is 18.5 Å². The topological polar surface area (TPSA) is 101 Å². The van der Waals surface area contributed by atoms with Crippen LogP contribution in [-0.2, 0) is 6.18 Å². The summed E-state index contributed by atoms with van der Waals surface area (Å²) in [4.78, 5) is 25.6. The van der Waals surface area contributed by atoms with Gasteiger partial charge in [0.25, 0.3) is 5.56 Å². The Hall–Kier alpha value is -3.66. The van der Waals surface area contributed by atoms with Crippen LogP contribution in [0.1, 0.15) is 56.3 Å². The Balaban J connectivity index is 1.63. The van der Waals surface area contributed by atoms with Crippen LogP contribution in [0.4, 0.5) is 13.2 Å². The lowest BCUT2D eigenvalue weighted by Gasteiger charge is -2.30. The van der Waals surface area contributed by atoms with Crippen molar-refractivity contribution in [3.05, 3.63) is 57.2 Å². The van der Waals surface area contributed by atoms with Crippen molar-refractivity contribution in [2.75, 3.05) is 20.1 Å². The molecule has 2 saturated heterocycles. The summed E-state index contributed by atoms with van der Waals surface area (Å²) in [5.41, 5.74) is -1.22. The number of aromatic nitrogens is 4. The summed E-state index contributed by atoms with van der Waals surface area (Å²) in [6.07, 6.45) is -0.108. The summed E-state index contributed by atoms with van der Waals surface area (Å²) in [6, 6.07) is 7.55. The number of hydrogen-bond acceptors (Lipinski definition) is 7. The molecule has 0 amide bonds. The predicted octanol–water partition coefficient (Wildman–Crippen LogP) is 5.78. The maximum Gasteiger partial charge on any atom is 0.431 e. The van der Waals surface area contributed by atoms with Gasteiger partial charge in [-0.15, -0.1) is 0 Å². The van der Waals surface area contributed by atoms with Gasteiger partial charge in [0.05, 0.1) is 30.0 Å². The molecule has 0 radical (unpaired) electrons. The van der Waals surface area contributed by atoms with E-state index in [0.717, 1.165) is 25.5 Å². The lowest BCUT2D eigenvalue weighted by molar-refractivity contribution is -0.142. The van der Waals surface area contributed by atoms with Gasteiger partial charge >= 0.3 is 6.18 Å². The van der Waals surface area contributed by atoms with Crippen LogP contribution in [0.3, 0.4) is 0 Å². The molecule has 0 saturated carbocycles. The van der Waals surface area contributed by atoms with Crippen LogP contribution in [0.15, 0.2) is 35.4 Å². The molecule has 5 heterocycles. The van der Waals surface area contributed by atoms with E-state index in [2.05, 4.69) is 26.3 Å². The quantitative estimate of drug-likeness (QED) is 0.289. The van der Waals surface area contributed by atoms with Gasteiger partial charge in [-0.25, -0.2) is 9.97 Å². The van der Waals surface area contributed by atoms with Gasteiger partial charge in [-0.1, -0.05) is 17.7 Å². The largest absolute Gasteiger partial charge is 0.471 e. The molecule has 2 aliphatic heterocycles. The minimum absolute atomic E-state index is 0.0215. The smallest absolute Gasteiger partial charge is 0.431 e. The second kappa shape index (κ2) is 11.7. The molecule has 13 heteroatoms. The summed E-state index contributed by atoms with van der Waals surface area (Å²) < 4.78 is 53.1. The lowest BCUT2D eigenvalue weighted by Crippen LogP contribution is -2.38. The third-order valence-corrected chi connectivity index (χ3v) is 9.44. The molecule has 1 aromatic carbocycles. The van der Waals surface area contributed by atoms with Crippen molar-refractivity contribution in [1.82, 2.24) is 29.3 Å². The van der Waals surface area contributed by atoms with Gasteiger partial charge in [0.15, 0.2) is 5.52 Å². The molecule has 0 unspecified atom stereocenters. The van der Waals surface area contributed by atoms with Crippen LogP contribution in [0.2, 0.25) is 5.02 Å². The fourth-order valence-electron chi connectivity index (χ4n) is 6.76. The van der Waals surface area contributed by atoms with E-state index in [4.69, 9.17) is 16.3 Å². The van der Waals surface area contributed by atoms with Crippen molar-refractivity contribution < 1.29 is 17.9 Å². The van der Waals surface area contributed by atoms with Gasteiger partial charge in [0, 0.05) is 28.5 Å². The fourth-order valence-corrected chi connectivity index (χ4v) is 6.93. The van der Waals surface area contributed by atoms with Crippen LogP contribution in [0, 0.1) is 18.3 Å². The van der Waals surface area contributed by atoms with Gasteiger partial charge in [0.1, 0.15) is 17.3 Å². The van der Waals surface area contributed by atoms with Crippen LogP contribution in [-0.4, -0.2) is 62.3 Å². The molecule has 44 heavy (non-hydrogen) atoms. The van der Waals surface area contributed by atoms with Crippen molar-refractivity contribution >= 4 is 33.5 Å². The zero-order chi connectivity index (χ0) is 31.3. The molecule has 4 atom stereocenters. The van der Waals surface area contributed by atoms with Gasteiger partial charge in [0.2, 0.25) is 5.88 Å². The Morgan fingerprint density at radius 3 is 2.77 bits per heavy atom. The molecule has 4 aromatic rings. The molecular weight excluding hydrogens is 595 g/mol. The monoisotopic (exact) mass is 627 g/mol. The fraction of sp³-hybridized carbons (Fsp3) is 0.484. The molecule has 3 aromatic heterocycles. The zero-order valence-electron chi connectivity index (χ0n) is 24.7. The standard InChI is InChI=1S/C31H33ClF3N7O2/c1-17-22(32)6-4-7-23(17)42-25(31(33,34)35)15-21-26(30(42)43)39-29(44-18(2)24-8-5-13-40(24)3)27-28(21)41(16-38-27)20-10-12-37-19(14-20)9-11-36/h4,6-7,15-16,18-20,24,37H,5,8-10,12-14H2,1-3H3/t18-,19+,20-,24-/m0/s1. The highest BCUT2D eigenvalue weighted by atomic mass is 35.5. The Morgan fingerprint density at radius 1 is 1.27 bits per heavy atom. The number of pyridine rings is 2. The van der Waals surface area contributed by atoms with Crippen molar-refractivity contribution in [2.24, 2.45) is 0 Å². The molecule has 6 rings (SSSR count). The van der Waals surface area contributed by atoms with E-state index in [-0.39, 0.29) is 51.7 Å². The average molecular weight is 628 g/mol. The second-order valence-electron chi connectivity index (χ2n) is 11.8. The summed E-state index contributed by atoms with van der Waals surface area (Å²) >= 11 is 6.29. The Labute approximate surface area is 257 Å². The van der Waals surface area contributed by atoms with Crippen molar-refractivity contribution in [3.63, 3.8) is 0 Å². The number of fused-ring (bicyclic) bond motifs is 3. The van der Waals surface area contributed by atoms with Crippen molar-refractivity contribution in [2.45, 2.75) is 76.4 Å². The van der Waals surface area contributed by atoms with E-state index in [9.17, 15) is 23.2 Å². The first-order valence-electron chi connectivity index (χ1n) is 14.8. The number of likely N-dealkylation sites (tertiary alicyclic amines) is 1. The van der Waals surface area contributed by atoms with E-state index in [1.165, 1.54) is 12.1 Å². The summed E-state index contributed by atoms with van der Waals surface area (Å²) in [6.45, 7) is 5.06. The minimum Gasteiger partial charge on any atom is -0.471 e. The van der Waals surface area contributed by atoms with Gasteiger partial charge in [-0.05, 0) is 83.4 Å². The number of halogens is 4. The summed E-state index contributed by atoms with van der Waals surface area (Å²) in [5, 5.41) is 12.9. The molecular formula is C31H33ClF3N7O2. The van der Waals surface area contributed by atoms with E-state index in [0.29, 0.717) is 47.0 Å². The molecule has 232 valence electrons. The average Bonchev–Trinajstić information content (AvgIpc) is 3.62. The molecule has 1 N–H and O–H groups in total. The summed E-state index contributed by atoms with van der Waals surface area (Å²) in [5.74, 6) is 0.104. The van der Waals surface area contributed by atoms with E-state index in [1.54, 1.807) is 19.3 Å². The number of nitrogens with zero attached hydrogens (tertiary/aromatic N) is 6. The SMILES string of the molecule is Cc1c(Cl)cccc1-n1c(C(F)(F)F)cc2c(nc(O[C@@H](C)[C@@H]3CCCN3C)c3ncn([C@H]4CCN[C@H](CC#N)C4)c32)c1=O. The molecule has 0 bridgehead atoms. The first-order valence-corrected chi connectivity index (χ1v) is 15.1. The van der Waals surface area contributed by atoms with Crippen molar-refractivity contribution in [3.8, 4) is 17.6 Å². The number of nitriles is 1. The van der Waals surface area contributed by atoms with Gasteiger partial charge in [-0.2, -0.15) is 18.4 Å². The molecule has 0 spiro atoms. The molecule has 2 aliphatic rings. The van der Waals surface area contributed by atoms with Crippen LogP contribution >= 0.6 is 11.6 Å². The highest BCUT2D eigenvalue weighted by Crippen LogP contribution is 2.39. The zero-order valence-corrected chi connectivity index (χ0v) is 25.4. The number of alkyl halides is 3. The maximum absolute atomic E-state index is 14.7. The number of rotatable bonds is 6. The number of imidazole rings is 1. The Bertz CT molecular complexity index is 1830. The number of ether oxygens (including phenoxy) is 1. The maximum atomic E-state index is 14.7. The third-order valence-electron chi connectivity index (χ3n) is 9.03. The van der Waals surface area contributed by atoms with E-state index < -0.39 is 17.4 Å². The number of likely N-dealkylation sites (N-methyl/N-ethyl adjacent to an activating group) is 1. The Kier molecular flexibility index (Phi) is 8.07. The molecule has 2 fully saturated rings. The first kappa shape index (κ1) is 30.4. The van der Waals surface area contributed by atoms with Crippen LogP contribution in [0.25, 0.3) is 27.6 Å². The third kappa shape index (κ3) is 5.31. The van der Waals surface area contributed by atoms with Gasteiger partial charge < -0.3 is 14.6 Å². The van der Waals surface area contributed by atoms with Crippen molar-refractivity contribution in [1.29, 1.82) is 5.26 Å². The lowest BCUT2D eigenvalue weighted by atomic mass is 9.97. The highest BCUT2D eigenvalue weighted by Gasteiger charge is 2.38. The summed E-state index contributed by atoms with van der Waals surface area (Å²) in [7, 11) is 2.02.